The molecule has 5 nitrogen and oxygen atoms in total. The first-order valence-electron chi connectivity index (χ1n) is 6.89. The number of carbonyl (C=O) groups excluding carboxylic acids is 3. The van der Waals surface area contributed by atoms with Crippen LogP contribution in [0.3, 0.4) is 0 Å². The van der Waals surface area contributed by atoms with Gasteiger partial charge in [-0.15, -0.1) is 0 Å². The summed E-state index contributed by atoms with van der Waals surface area (Å²) in [6.45, 7) is 0. The summed E-state index contributed by atoms with van der Waals surface area (Å²) < 4.78 is 0. The van der Waals surface area contributed by atoms with E-state index in [0.717, 1.165) is 17.7 Å². The maximum Gasteiger partial charge on any atom is 0.237 e. The van der Waals surface area contributed by atoms with Crippen LogP contribution in [0.1, 0.15) is 36.0 Å². The van der Waals surface area contributed by atoms with Crippen molar-refractivity contribution in [3.05, 3.63) is 28.8 Å². The number of amides is 2. The molecule has 0 aromatic heterocycles. The van der Waals surface area contributed by atoms with E-state index in [1.165, 1.54) is 18.2 Å². The second-order valence-corrected chi connectivity index (χ2v) is 5.87. The van der Waals surface area contributed by atoms with Crippen LogP contribution in [-0.4, -0.2) is 17.8 Å². The number of carboxylic acids is 1. The summed E-state index contributed by atoms with van der Waals surface area (Å²) in [6, 6.07) is 4.08. The second kappa shape index (κ2) is 5.15. The number of halogens is 1. The number of aromatic carboxylic acids is 1. The average Bonchev–Trinajstić information content (AvgIpc) is 2.72. The number of benzene rings is 1. The fourth-order valence-electron chi connectivity index (χ4n) is 3.23. The van der Waals surface area contributed by atoms with Crippen molar-refractivity contribution in [1.82, 2.24) is 0 Å². The Balaban J connectivity index is 2.00. The SMILES string of the molecule is O=C([O-])c1cc(N2C(=O)[C@@H]3CCCC[C@H]3C2=O)ccc1Cl. The topological polar surface area (TPSA) is 77.5 Å². The Labute approximate surface area is 126 Å². The van der Waals surface area contributed by atoms with E-state index in [-0.39, 0.29) is 39.9 Å². The average molecular weight is 307 g/mol. The number of anilines is 1. The van der Waals surface area contributed by atoms with E-state index < -0.39 is 5.97 Å². The number of hydrogen-bond acceptors (Lipinski definition) is 4. The van der Waals surface area contributed by atoms with Gasteiger partial charge in [0.15, 0.2) is 0 Å². The van der Waals surface area contributed by atoms with Gasteiger partial charge in [0, 0.05) is 10.6 Å². The Hall–Kier alpha value is -1.88. The minimum absolute atomic E-state index is 0.0234. The van der Waals surface area contributed by atoms with Crippen molar-refractivity contribution in [3.63, 3.8) is 0 Å². The molecule has 1 aliphatic carbocycles. The smallest absolute Gasteiger partial charge is 0.237 e. The van der Waals surface area contributed by atoms with E-state index >= 15 is 0 Å². The molecule has 2 atom stereocenters. The van der Waals surface area contributed by atoms with Crippen LogP contribution >= 0.6 is 11.6 Å². The number of rotatable bonds is 2. The molecule has 2 fully saturated rings. The molecule has 2 aliphatic rings. The highest BCUT2D eigenvalue weighted by Crippen LogP contribution is 2.40. The number of nitrogens with zero attached hydrogens (tertiary/aromatic N) is 1. The van der Waals surface area contributed by atoms with Crippen molar-refractivity contribution in [2.24, 2.45) is 11.8 Å². The van der Waals surface area contributed by atoms with Crippen LogP contribution in [-0.2, 0) is 9.59 Å². The molecule has 6 heteroatoms. The maximum atomic E-state index is 12.4. The summed E-state index contributed by atoms with van der Waals surface area (Å²) in [5, 5.41) is 11.0. The molecule has 110 valence electrons. The summed E-state index contributed by atoms with van der Waals surface area (Å²) in [5.41, 5.74) is 0.0349. The van der Waals surface area contributed by atoms with Crippen molar-refractivity contribution in [3.8, 4) is 0 Å². The molecule has 2 amide bonds. The minimum Gasteiger partial charge on any atom is -0.545 e. The zero-order valence-corrected chi connectivity index (χ0v) is 11.9. The van der Waals surface area contributed by atoms with Gasteiger partial charge in [-0.3, -0.25) is 14.5 Å². The van der Waals surface area contributed by atoms with Crippen LogP contribution in [0.25, 0.3) is 0 Å². The van der Waals surface area contributed by atoms with Gasteiger partial charge in [0.1, 0.15) is 0 Å². The van der Waals surface area contributed by atoms with Gasteiger partial charge in [0.2, 0.25) is 11.8 Å². The van der Waals surface area contributed by atoms with Gasteiger partial charge in [-0.2, -0.15) is 0 Å². The zero-order valence-electron chi connectivity index (χ0n) is 11.2. The van der Waals surface area contributed by atoms with E-state index in [9.17, 15) is 19.5 Å². The standard InChI is InChI=1S/C15H14ClNO4/c16-12-6-5-8(7-11(12)15(20)21)17-13(18)9-3-1-2-4-10(9)14(17)19/h5-7,9-10H,1-4H2,(H,20,21)/p-1/t9-,10-/m1/s1. The summed E-state index contributed by atoms with van der Waals surface area (Å²) in [6.07, 6.45) is 3.32. The lowest BCUT2D eigenvalue weighted by molar-refractivity contribution is -0.255. The molecule has 0 bridgehead atoms. The largest absolute Gasteiger partial charge is 0.545 e. The summed E-state index contributed by atoms with van der Waals surface area (Å²) >= 11 is 5.78. The van der Waals surface area contributed by atoms with Crippen LogP contribution < -0.4 is 10.0 Å². The van der Waals surface area contributed by atoms with Gasteiger partial charge >= 0.3 is 0 Å². The van der Waals surface area contributed by atoms with E-state index in [2.05, 4.69) is 0 Å². The Bertz CT molecular complexity index is 619. The highest BCUT2D eigenvalue weighted by molar-refractivity contribution is 6.33. The monoisotopic (exact) mass is 306 g/mol. The van der Waals surface area contributed by atoms with E-state index in [0.29, 0.717) is 12.8 Å². The Morgan fingerprint density at radius 1 is 1.14 bits per heavy atom. The molecule has 1 heterocycles. The molecule has 1 aromatic rings. The molecular formula is C15H13ClNO4-. The molecule has 3 rings (SSSR count). The maximum absolute atomic E-state index is 12.4. The summed E-state index contributed by atoms with van der Waals surface area (Å²) in [7, 11) is 0. The van der Waals surface area contributed by atoms with E-state index in [4.69, 9.17) is 11.6 Å². The zero-order chi connectivity index (χ0) is 15.1. The van der Waals surface area contributed by atoms with Crippen LogP contribution in [0, 0.1) is 11.8 Å². The first kappa shape index (κ1) is 14.1. The number of carbonyl (C=O) groups is 3. The number of carboxylic acid groups (broad SMARTS) is 1. The molecule has 0 spiro atoms. The highest BCUT2D eigenvalue weighted by Gasteiger charge is 2.48. The molecule has 0 radical (unpaired) electrons. The van der Waals surface area contributed by atoms with Gasteiger partial charge < -0.3 is 9.90 Å². The van der Waals surface area contributed by atoms with Crippen molar-refractivity contribution < 1.29 is 19.5 Å². The predicted molar refractivity (Wildman–Crippen MR) is 73.7 cm³/mol. The van der Waals surface area contributed by atoms with Crippen LogP contribution in [0.2, 0.25) is 5.02 Å². The predicted octanol–water partition coefficient (Wildman–Crippen LogP) is 1.38. The van der Waals surface area contributed by atoms with Crippen LogP contribution in [0.4, 0.5) is 5.69 Å². The first-order valence-corrected chi connectivity index (χ1v) is 7.27. The van der Waals surface area contributed by atoms with E-state index in [1.807, 2.05) is 0 Å². The fraction of sp³-hybridized carbons (Fsp3) is 0.400. The number of hydrogen-bond donors (Lipinski definition) is 0. The summed E-state index contributed by atoms with van der Waals surface area (Å²) in [5.74, 6) is -2.45. The first-order chi connectivity index (χ1) is 10.0. The third kappa shape index (κ3) is 2.21. The molecular weight excluding hydrogens is 294 g/mol. The van der Waals surface area contributed by atoms with Crippen molar-refractivity contribution in [2.75, 3.05) is 4.90 Å². The number of imide groups is 1. The fourth-order valence-corrected chi connectivity index (χ4v) is 3.42. The van der Waals surface area contributed by atoms with E-state index in [1.54, 1.807) is 0 Å². The Kier molecular flexibility index (Phi) is 3.45. The second-order valence-electron chi connectivity index (χ2n) is 5.46. The quantitative estimate of drug-likeness (QED) is 0.773. The molecule has 1 saturated heterocycles. The molecule has 1 aliphatic heterocycles. The normalized spacial score (nSPS) is 25.1. The van der Waals surface area contributed by atoms with Gasteiger partial charge in [-0.1, -0.05) is 24.4 Å². The molecule has 1 saturated carbocycles. The Morgan fingerprint density at radius 2 is 1.71 bits per heavy atom. The number of fused-ring (bicyclic) bond motifs is 1. The van der Waals surface area contributed by atoms with Gasteiger partial charge in [0.05, 0.1) is 23.5 Å². The van der Waals surface area contributed by atoms with Gasteiger partial charge in [-0.25, -0.2) is 0 Å². The lowest BCUT2D eigenvalue weighted by atomic mass is 9.81. The van der Waals surface area contributed by atoms with Gasteiger partial charge in [0.25, 0.3) is 0 Å². The molecule has 0 N–H and O–H groups in total. The van der Waals surface area contributed by atoms with Crippen molar-refractivity contribution in [1.29, 1.82) is 0 Å². The lowest BCUT2D eigenvalue weighted by Gasteiger charge is -2.19. The van der Waals surface area contributed by atoms with Gasteiger partial charge in [-0.05, 0) is 31.0 Å². The molecule has 21 heavy (non-hydrogen) atoms. The highest BCUT2D eigenvalue weighted by atomic mass is 35.5. The third-order valence-electron chi connectivity index (χ3n) is 4.27. The van der Waals surface area contributed by atoms with Crippen molar-refractivity contribution >= 4 is 35.1 Å². The summed E-state index contributed by atoms with van der Waals surface area (Å²) in [4.78, 5) is 37.0. The lowest BCUT2D eigenvalue weighted by Crippen LogP contribution is -2.31. The molecule has 1 aromatic carbocycles. The minimum atomic E-state index is -1.43. The van der Waals surface area contributed by atoms with Crippen LogP contribution in [0.15, 0.2) is 18.2 Å². The van der Waals surface area contributed by atoms with Crippen molar-refractivity contribution in [2.45, 2.75) is 25.7 Å². The molecule has 0 unspecified atom stereocenters. The Morgan fingerprint density at radius 3 is 2.24 bits per heavy atom. The third-order valence-corrected chi connectivity index (χ3v) is 4.60. The van der Waals surface area contributed by atoms with Crippen LogP contribution in [0.5, 0.6) is 0 Å².